The molecule has 1 N–H and O–H groups in total. The average molecular weight is 380 g/mol. The molecule has 146 valence electrons. The minimum absolute atomic E-state index is 0.0344. The highest BCUT2D eigenvalue weighted by Crippen LogP contribution is 2.29. The number of nitrogens with one attached hydrogen (secondary N) is 1. The van der Waals surface area contributed by atoms with Crippen molar-refractivity contribution in [3.8, 4) is 11.4 Å². The Labute approximate surface area is 164 Å². The van der Waals surface area contributed by atoms with Gasteiger partial charge < -0.3 is 15.1 Å². The predicted octanol–water partition coefficient (Wildman–Crippen LogP) is 1.16. The zero-order valence-corrected chi connectivity index (χ0v) is 16.2. The van der Waals surface area contributed by atoms with Gasteiger partial charge in [0.15, 0.2) is 5.82 Å². The highest BCUT2D eigenvalue weighted by Gasteiger charge is 2.29. The monoisotopic (exact) mass is 380 g/mol. The Morgan fingerprint density at radius 2 is 2.04 bits per heavy atom. The first kappa shape index (κ1) is 18.3. The van der Waals surface area contributed by atoms with E-state index in [2.05, 4.69) is 10.3 Å². The van der Waals surface area contributed by atoms with E-state index in [-0.39, 0.29) is 17.9 Å². The smallest absolute Gasteiger partial charge is 0.224 e. The molecule has 2 aliphatic heterocycles. The number of fused-ring (bicyclic) bond motifs is 1. The summed E-state index contributed by atoms with van der Waals surface area (Å²) in [6.07, 6.45) is 5.76. The summed E-state index contributed by atoms with van der Waals surface area (Å²) in [5.74, 6) is 1.63. The van der Waals surface area contributed by atoms with Crippen molar-refractivity contribution in [3.05, 3.63) is 35.8 Å². The lowest BCUT2D eigenvalue weighted by Gasteiger charge is -2.31. The van der Waals surface area contributed by atoms with Gasteiger partial charge in [-0.25, -0.2) is 9.97 Å². The number of pyridine rings is 1. The first-order valence-electron chi connectivity index (χ1n) is 9.56. The van der Waals surface area contributed by atoms with Crippen molar-refractivity contribution in [2.45, 2.75) is 38.3 Å². The molecule has 0 spiro atoms. The van der Waals surface area contributed by atoms with Gasteiger partial charge in [0.25, 0.3) is 0 Å². The number of rotatable bonds is 4. The number of nitrogens with zero attached hydrogens (tertiary/aromatic N) is 5. The Bertz CT molecular complexity index is 899. The number of hydrogen-bond acceptors (Lipinski definition) is 6. The second-order valence-electron chi connectivity index (χ2n) is 7.50. The number of anilines is 1. The molecule has 2 aliphatic rings. The Hall–Kier alpha value is -3.03. The van der Waals surface area contributed by atoms with Crippen LogP contribution in [0.3, 0.4) is 0 Å². The van der Waals surface area contributed by atoms with Crippen LogP contribution in [0.15, 0.2) is 24.5 Å². The number of amides is 2. The van der Waals surface area contributed by atoms with Gasteiger partial charge in [0.05, 0.1) is 12.2 Å². The van der Waals surface area contributed by atoms with Crippen LogP contribution in [0.25, 0.3) is 11.4 Å². The van der Waals surface area contributed by atoms with E-state index in [0.29, 0.717) is 31.8 Å². The average Bonchev–Trinajstić information content (AvgIpc) is 3.11. The van der Waals surface area contributed by atoms with E-state index in [1.807, 2.05) is 36.0 Å². The second-order valence-corrected chi connectivity index (χ2v) is 7.50. The molecule has 1 fully saturated rings. The lowest BCUT2D eigenvalue weighted by molar-refractivity contribution is -0.132. The Kier molecular flexibility index (Phi) is 4.93. The van der Waals surface area contributed by atoms with E-state index in [9.17, 15) is 9.59 Å². The fourth-order valence-electron chi connectivity index (χ4n) is 3.79. The van der Waals surface area contributed by atoms with Crippen LogP contribution in [0.2, 0.25) is 0 Å². The van der Waals surface area contributed by atoms with Gasteiger partial charge in [-0.3, -0.25) is 14.6 Å². The van der Waals surface area contributed by atoms with Gasteiger partial charge in [0.1, 0.15) is 5.82 Å². The van der Waals surface area contributed by atoms with Crippen molar-refractivity contribution < 1.29 is 9.59 Å². The maximum atomic E-state index is 12.8. The number of carbonyl (C=O) groups is 2. The van der Waals surface area contributed by atoms with Crippen LogP contribution in [0.1, 0.15) is 30.5 Å². The van der Waals surface area contributed by atoms with Gasteiger partial charge in [0, 0.05) is 63.0 Å². The number of aromatic nitrogens is 3. The van der Waals surface area contributed by atoms with Crippen LogP contribution in [0.5, 0.6) is 0 Å². The molecule has 8 heteroatoms. The third-order valence-electron chi connectivity index (χ3n) is 5.26. The molecule has 1 saturated heterocycles. The van der Waals surface area contributed by atoms with E-state index in [1.54, 1.807) is 12.4 Å². The predicted molar refractivity (Wildman–Crippen MR) is 104 cm³/mol. The minimum Gasteiger partial charge on any atom is -0.362 e. The lowest BCUT2D eigenvalue weighted by atomic mass is 10.0. The molecule has 0 aromatic carbocycles. The summed E-state index contributed by atoms with van der Waals surface area (Å²) in [6, 6.07) is 3.72. The van der Waals surface area contributed by atoms with E-state index in [1.165, 1.54) is 0 Å². The molecule has 2 aromatic rings. The van der Waals surface area contributed by atoms with Crippen molar-refractivity contribution in [1.29, 1.82) is 0 Å². The van der Waals surface area contributed by atoms with Crippen LogP contribution in [0.4, 0.5) is 5.82 Å². The van der Waals surface area contributed by atoms with Crippen LogP contribution in [0, 0.1) is 0 Å². The molecular formula is C20H24N6O2. The third kappa shape index (κ3) is 3.67. The summed E-state index contributed by atoms with van der Waals surface area (Å²) in [7, 11) is 3.94. The summed E-state index contributed by atoms with van der Waals surface area (Å²) >= 11 is 0. The fourth-order valence-corrected chi connectivity index (χ4v) is 3.79. The van der Waals surface area contributed by atoms with Crippen LogP contribution in [-0.4, -0.2) is 58.3 Å². The first-order chi connectivity index (χ1) is 13.5. The van der Waals surface area contributed by atoms with Gasteiger partial charge >= 0.3 is 0 Å². The molecule has 0 unspecified atom stereocenters. The van der Waals surface area contributed by atoms with Crippen molar-refractivity contribution >= 4 is 17.6 Å². The van der Waals surface area contributed by atoms with E-state index in [0.717, 1.165) is 35.5 Å². The summed E-state index contributed by atoms with van der Waals surface area (Å²) < 4.78 is 0. The quantitative estimate of drug-likeness (QED) is 0.856. The maximum absolute atomic E-state index is 12.8. The van der Waals surface area contributed by atoms with E-state index in [4.69, 9.17) is 9.97 Å². The van der Waals surface area contributed by atoms with Gasteiger partial charge in [-0.15, -0.1) is 0 Å². The Morgan fingerprint density at radius 3 is 2.71 bits per heavy atom. The number of hydrogen-bond donors (Lipinski definition) is 1. The molecule has 4 heterocycles. The Morgan fingerprint density at radius 1 is 1.25 bits per heavy atom. The summed E-state index contributed by atoms with van der Waals surface area (Å²) in [4.78, 5) is 41.6. The van der Waals surface area contributed by atoms with Crippen molar-refractivity contribution in [2.24, 2.45) is 0 Å². The molecular weight excluding hydrogens is 356 g/mol. The second kappa shape index (κ2) is 7.53. The summed E-state index contributed by atoms with van der Waals surface area (Å²) in [5, 5.41) is 2.87. The molecule has 8 nitrogen and oxygen atoms in total. The van der Waals surface area contributed by atoms with Gasteiger partial charge in [-0.05, 0) is 25.0 Å². The topological polar surface area (TPSA) is 91.3 Å². The molecule has 0 saturated carbocycles. The maximum Gasteiger partial charge on any atom is 0.224 e. The normalized spacial score (nSPS) is 18.6. The molecule has 0 radical (unpaired) electrons. The summed E-state index contributed by atoms with van der Waals surface area (Å²) in [5.41, 5.74) is 2.89. The molecule has 4 rings (SSSR count). The summed E-state index contributed by atoms with van der Waals surface area (Å²) in [6.45, 7) is 1.11. The standard InChI is InChI=1S/C20H24N6O2/c1-25(2)20-15-7-10-26(18(28)11-14-3-4-17(27)22-14)12-16(15)23-19(24-20)13-5-8-21-9-6-13/h5-6,8-9,14H,3-4,7,10-12H2,1-2H3,(H,22,27)/t14-/m1/s1. The molecule has 0 aliphatic carbocycles. The Balaban J connectivity index is 1.59. The van der Waals surface area contributed by atoms with Crippen molar-refractivity contribution in [2.75, 3.05) is 25.5 Å². The minimum atomic E-state index is -0.0449. The number of carbonyl (C=O) groups excluding carboxylic acids is 2. The van der Waals surface area contributed by atoms with Gasteiger partial charge in [-0.2, -0.15) is 0 Å². The zero-order valence-electron chi connectivity index (χ0n) is 16.2. The fraction of sp³-hybridized carbons (Fsp3) is 0.450. The lowest BCUT2D eigenvalue weighted by Crippen LogP contribution is -2.40. The van der Waals surface area contributed by atoms with Gasteiger partial charge in [0.2, 0.25) is 11.8 Å². The first-order valence-corrected chi connectivity index (χ1v) is 9.56. The molecule has 28 heavy (non-hydrogen) atoms. The van der Waals surface area contributed by atoms with Crippen molar-refractivity contribution in [3.63, 3.8) is 0 Å². The third-order valence-corrected chi connectivity index (χ3v) is 5.26. The highest BCUT2D eigenvalue weighted by atomic mass is 16.2. The highest BCUT2D eigenvalue weighted by molar-refractivity contribution is 5.82. The zero-order chi connectivity index (χ0) is 19.7. The molecule has 2 amide bonds. The van der Waals surface area contributed by atoms with Crippen LogP contribution in [-0.2, 0) is 22.6 Å². The van der Waals surface area contributed by atoms with Crippen LogP contribution < -0.4 is 10.2 Å². The molecule has 0 bridgehead atoms. The molecule has 1 atom stereocenters. The molecule has 2 aromatic heterocycles. The largest absolute Gasteiger partial charge is 0.362 e. The van der Waals surface area contributed by atoms with Gasteiger partial charge in [-0.1, -0.05) is 0 Å². The van der Waals surface area contributed by atoms with Crippen molar-refractivity contribution in [1.82, 2.24) is 25.2 Å². The van der Waals surface area contributed by atoms with E-state index >= 15 is 0 Å². The SMILES string of the molecule is CN(C)c1nc(-c2ccncc2)nc2c1CCN(C(=O)C[C@H]1CCC(=O)N1)C2. The van der Waals surface area contributed by atoms with Crippen LogP contribution >= 0.6 is 0 Å². The van der Waals surface area contributed by atoms with E-state index < -0.39 is 0 Å².